The van der Waals surface area contributed by atoms with Crippen molar-refractivity contribution >= 4 is 27.5 Å². The van der Waals surface area contributed by atoms with Gasteiger partial charge in [-0.25, -0.2) is 17.5 Å². The first-order chi connectivity index (χ1) is 16.2. The molecule has 0 aliphatic rings. The molecule has 2 amide bonds. The van der Waals surface area contributed by atoms with E-state index in [1.807, 2.05) is 0 Å². The average molecular weight is 488 g/mol. The van der Waals surface area contributed by atoms with Gasteiger partial charge in [-0.2, -0.15) is 0 Å². The molecule has 0 aliphatic heterocycles. The second-order valence-electron chi connectivity index (χ2n) is 7.86. The van der Waals surface area contributed by atoms with Gasteiger partial charge >= 0.3 is 0 Å². The van der Waals surface area contributed by atoms with Gasteiger partial charge in [-0.05, 0) is 54.4 Å². The predicted molar refractivity (Wildman–Crippen MR) is 125 cm³/mol. The van der Waals surface area contributed by atoms with Crippen LogP contribution in [-0.2, 0) is 26.2 Å². The third-order valence-corrected chi connectivity index (χ3v) is 6.45. The van der Waals surface area contributed by atoms with Gasteiger partial charge in [-0.3, -0.25) is 14.5 Å². The lowest BCUT2D eigenvalue weighted by Gasteiger charge is -2.33. The van der Waals surface area contributed by atoms with E-state index in [9.17, 15) is 22.4 Å². The number of benzene rings is 2. The molecule has 8 nitrogen and oxygen atoms in total. The van der Waals surface area contributed by atoms with Crippen molar-refractivity contribution in [1.29, 1.82) is 0 Å². The lowest BCUT2D eigenvalue weighted by molar-refractivity contribution is -0.127. The molecule has 2 N–H and O–H groups in total. The van der Waals surface area contributed by atoms with Crippen LogP contribution in [0.25, 0.3) is 0 Å². The molecule has 0 fully saturated rings. The van der Waals surface area contributed by atoms with Crippen molar-refractivity contribution in [2.24, 2.45) is 5.92 Å². The van der Waals surface area contributed by atoms with Crippen LogP contribution in [-0.4, -0.2) is 32.8 Å². The maximum Gasteiger partial charge on any atom is 0.243 e. The SMILES string of the molecule is CC(C)C(C(=O)NCc1ccco1)N(C(=O)CNS(=O)(=O)c1ccc(F)cc1)c1ccccc1. The molecule has 0 radical (unpaired) electrons. The smallest absolute Gasteiger partial charge is 0.243 e. The van der Waals surface area contributed by atoms with Crippen molar-refractivity contribution in [3.8, 4) is 0 Å². The Morgan fingerprint density at radius 2 is 1.68 bits per heavy atom. The monoisotopic (exact) mass is 487 g/mol. The van der Waals surface area contributed by atoms with E-state index in [1.165, 1.54) is 11.2 Å². The van der Waals surface area contributed by atoms with Gasteiger partial charge in [0, 0.05) is 5.69 Å². The Kier molecular flexibility index (Phi) is 8.19. The maximum absolute atomic E-state index is 13.3. The van der Waals surface area contributed by atoms with Gasteiger partial charge < -0.3 is 9.73 Å². The Balaban J connectivity index is 1.83. The Morgan fingerprint density at radius 1 is 1.00 bits per heavy atom. The van der Waals surface area contributed by atoms with Gasteiger partial charge in [0.15, 0.2) is 0 Å². The molecular weight excluding hydrogens is 461 g/mol. The third-order valence-electron chi connectivity index (χ3n) is 5.04. The van der Waals surface area contributed by atoms with Gasteiger partial charge in [0.05, 0.1) is 24.2 Å². The van der Waals surface area contributed by atoms with E-state index in [-0.39, 0.29) is 17.4 Å². The Hall–Kier alpha value is -3.50. The molecule has 34 heavy (non-hydrogen) atoms. The quantitative estimate of drug-likeness (QED) is 0.457. The number of para-hydroxylation sites is 1. The molecule has 3 aromatic rings. The van der Waals surface area contributed by atoms with Crippen LogP contribution in [0.3, 0.4) is 0 Å². The summed E-state index contributed by atoms with van der Waals surface area (Å²) in [6.45, 7) is 3.14. The number of carbonyl (C=O) groups is 2. The number of anilines is 1. The molecule has 0 aliphatic carbocycles. The number of nitrogens with zero attached hydrogens (tertiary/aromatic N) is 1. The summed E-state index contributed by atoms with van der Waals surface area (Å²) in [5.41, 5.74) is 0.445. The minimum Gasteiger partial charge on any atom is -0.467 e. The molecule has 2 aromatic carbocycles. The standard InChI is InChI=1S/C24H26FN3O5S/c1-17(2)23(24(30)26-15-20-9-6-14-33-20)28(19-7-4-3-5-8-19)22(29)16-27-34(31,32)21-12-10-18(25)11-13-21/h3-14,17,23,27H,15-16H2,1-2H3,(H,26,30). The van der Waals surface area contributed by atoms with Gasteiger partial charge in [0.1, 0.15) is 17.6 Å². The zero-order valence-corrected chi connectivity index (χ0v) is 19.6. The highest BCUT2D eigenvalue weighted by Crippen LogP contribution is 2.22. The third kappa shape index (κ3) is 6.30. The number of rotatable bonds is 10. The van der Waals surface area contributed by atoms with Crippen molar-refractivity contribution in [2.75, 3.05) is 11.4 Å². The first kappa shape index (κ1) is 25.1. The van der Waals surface area contributed by atoms with Crippen molar-refractivity contribution in [3.05, 3.63) is 84.6 Å². The molecular formula is C24H26FN3O5S. The molecule has 0 bridgehead atoms. The van der Waals surface area contributed by atoms with Crippen LogP contribution in [0.4, 0.5) is 10.1 Å². The minimum absolute atomic E-state index is 0.142. The Bertz CT molecular complexity index is 1200. The van der Waals surface area contributed by atoms with E-state index < -0.39 is 40.2 Å². The van der Waals surface area contributed by atoms with Crippen molar-refractivity contribution in [1.82, 2.24) is 10.0 Å². The summed E-state index contributed by atoms with van der Waals surface area (Å²) in [5.74, 6) is -1.35. The molecule has 1 atom stereocenters. The summed E-state index contributed by atoms with van der Waals surface area (Å²) in [4.78, 5) is 27.5. The second kappa shape index (κ2) is 11.1. The van der Waals surface area contributed by atoms with Gasteiger partial charge in [0.25, 0.3) is 0 Å². The van der Waals surface area contributed by atoms with E-state index in [0.717, 1.165) is 24.3 Å². The number of hydrogen-bond donors (Lipinski definition) is 2. The lowest BCUT2D eigenvalue weighted by Crippen LogP contribution is -2.54. The van der Waals surface area contributed by atoms with Crippen LogP contribution >= 0.6 is 0 Å². The largest absolute Gasteiger partial charge is 0.467 e. The molecule has 10 heteroatoms. The topological polar surface area (TPSA) is 109 Å². The van der Waals surface area contributed by atoms with Crippen LogP contribution in [0, 0.1) is 11.7 Å². The van der Waals surface area contributed by atoms with E-state index in [4.69, 9.17) is 4.42 Å². The molecule has 180 valence electrons. The normalized spacial score (nSPS) is 12.4. The minimum atomic E-state index is -4.07. The number of amides is 2. The summed E-state index contributed by atoms with van der Waals surface area (Å²) in [6.07, 6.45) is 1.49. The van der Waals surface area contributed by atoms with Gasteiger partial charge in [0.2, 0.25) is 21.8 Å². The van der Waals surface area contributed by atoms with Crippen molar-refractivity contribution in [3.63, 3.8) is 0 Å². The summed E-state index contributed by atoms with van der Waals surface area (Å²) < 4.78 is 45.8. The highest BCUT2D eigenvalue weighted by atomic mass is 32.2. The van der Waals surface area contributed by atoms with E-state index in [0.29, 0.717) is 11.4 Å². The fourth-order valence-electron chi connectivity index (χ4n) is 3.40. The molecule has 1 heterocycles. The zero-order valence-electron chi connectivity index (χ0n) is 18.8. The van der Waals surface area contributed by atoms with Gasteiger partial charge in [-0.1, -0.05) is 32.0 Å². The van der Waals surface area contributed by atoms with Crippen LogP contribution in [0.5, 0.6) is 0 Å². The highest BCUT2D eigenvalue weighted by Gasteiger charge is 2.34. The van der Waals surface area contributed by atoms with Crippen molar-refractivity contribution in [2.45, 2.75) is 31.3 Å². The molecule has 0 spiro atoms. The number of furan rings is 1. The maximum atomic E-state index is 13.3. The van der Waals surface area contributed by atoms with E-state index >= 15 is 0 Å². The summed E-state index contributed by atoms with van der Waals surface area (Å²) >= 11 is 0. The summed E-state index contributed by atoms with van der Waals surface area (Å²) in [7, 11) is -4.07. The van der Waals surface area contributed by atoms with Crippen LogP contribution in [0.2, 0.25) is 0 Å². The molecule has 1 unspecified atom stereocenters. The predicted octanol–water partition coefficient (Wildman–Crippen LogP) is 3.07. The average Bonchev–Trinajstić information content (AvgIpc) is 3.34. The molecule has 3 rings (SSSR count). The number of nitrogens with one attached hydrogen (secondary N) is 2. The number of halogens is 1. The number of sulfonamides is 1. The fourth-order valence-corrected chi connectivity index (χ4v) is 4.37. The molecule has 1 aromatic heterocycles. The highest BCUT2D eigenvalue weighted by molar-refractivity contribution is 7.89. The van der Waals surface area contributed by atoms with Gasteiger partial charge in [-0.15, -0.1) is 0 Å². The first-order valence-electron chi connectivity index (χ1n) is 10.6. The fraction of sp³-hybridized carbons (Fsp3) is 0.250. The second-order valence-corrected chi connectivity index (χ2v) is 9.63. The molecule has 0 saturated carbocycles. The van der Waals surface area contributed by atoms with E-state index in [1.54, 1.807) is 56.3 Å². The number of carbonyl (C=O) groups excluding carboxylic acids is 2. The Morgan fingerprint density at radius 3 is 2.26 bits per heavy atom. The zero-order chi connectivity index (χ0) is 24.7. The Labute approximate surface area is 197 Å². The van der Waals surface area contributed by atoms with Crippen LogP contribution in [0.15, 0.2) is 82.3 Å². The van der Waals surface area contributed by atoms with Crippen LogP contribution < -0.4 is 14.9 Å². The summed E-state index contributed by atoms with van der Waals surface area (Å²) in [5, 5.41) is 2.77. The summed E-state index contributed by atoms with van der Waals surface area (Å²) in [6, 6.07) is 15.3. The van der Waals surface area contributed by atoms with E-state index in [2.05, 4.69) is 10.0 Å². The van der Waals surface area contributed by atoms with Crippen molar-refractivity contribution < 1.29 is 26.8 Å². The van der Waals surface area contributed by atoms with Crippen LogP contribution in [0.1, 0.15) is 19.6 Å². The lowest BCUT2D eigenvalue weighted by atomic mass is 10.00. The first-order valence-corrected chi connectivity index (χ1v) is 12.1. The molecule has 0 saturated heterocycles. The number of hydrogen-bond acceptors (Lipinski definition) is 5.